The van der Waals surface area contributed by atoms with E-state index in [2.05, 4.69) is 0 Å². The molecule has 0 aromatic heterocycles. The minimum atomic E-state index is -1.44. The fourth-order valence-corrected chi connectivity index (χ4v) is 0.529. The summed E-state index contributed by atoms with van der Waals surface area (Å²) in [5, 5.41) is 17.1. The molecule has 0 aliphatic carbocycles. The van der Waals surface area contributed by atoms with Gasteiger partial charge in [-0.1, -0.05) is 13.8 Å². The van der Waals surface area contributed by atoms with Crippen LogP contribution in [0.3, 0.4) is 0 Å². The summed E-state index contributed by atoms with van der Waals surface area (Å²) in [4.78, 5) is 10.1. The van der Waals surface area contributed by atoms with Crippen LogP contribution in [0.2, 0.25) is 0 Å². The van der Waals surface area contributed by atoms with E-state index in [9.17, 15) is 4.79 Å². The van der Waals surface area contributed by atoms with Crippen LogP contribution in [-0.2, 0) is 4.79 Å². The molecule has 0 aromatic rings. The van der Waals surface area contributed by atoms with Gasteiger partial charge < -0.3 is 15.9 Å². The van der Waals surface area contributed by atoms with Crippen molar-refractivity contribution < 1.29 is 15.0 Å². The molecule has 2 atom stereocenters. The van der Waals surface area contributed by atoms with Gasteiger partial charge in [0.1, 0.15) is 0 Å². The molecule has 0 fully saturated rings. The quantitative estimate of drug-likeness (QED) is 0.498. The number of aliphatic hydroxyl groups excluding tert-OH is 1. The fourth-order valence-electron chi connectivity index (χ4n) is 0.529. The van der Waals surface area contributed by atoms with Crippen LogP contribution in [-0.4, -0.2) is 28.3 Å². The lowest BCUT2D eigenvalue weighted by Gasteiger charge is -2.17. The number of carbonyl (C=O) groups is 1. The van der Waals surface area contributed by atoms with Gasteiger partial charge in [-0.05, 0) is 5.92 Å². The Labute approximate surface area is 59.7 Å². The number of carboxylic acids is 1. The van der Waals surface area contributed by atoms with Crippen LogP contribution in [0.4, 0.5) is 0 Å². The molecule has 0 rings (SSSR count). The molecule has 4 nitrogen and oxygen atoms in total. The summed E-state index contributed by atoms with van der Waals surface area (Å²) in [5.41, 5.74) is 5.33. The molecule has 0 spiro atoms. The van der Waals surface area contributed by atoms with Gasteiger partial charge >= 0.3 is 5.97 Å². The van der Waals surface area contributed by atoms with Crippen molar-refractivity contribution in [2.45, 2.75) is 26.0 Å². The molecule has 0 aromatic carbocycles. The summed E-state index contributed by atoms with van der Waals surface area (Å²) in [5.74, 6) is -1.28. The van der Waals surface area contributed by atoms with E-state index < -0.39 is 18.1 Å². The third-order valence-corrected chi connectivity index (χ3v) is 1.39. The first-order valence-corrected chi connectivity index (χ1v) is 3.13. The SMILES string of the molecule is CC(C)[C@H](N)[C@H](O)C(=O)O. The van der Waals surface area contributed by atoms with Crippen molar-refractivity contribution in [1.82, 2.24) is 0 Å². The van der Waals surface area contributed by atoms with Crippen molar-refractivity contribution in [3.63, 3.8) is 0 Å². The van der Waals surface area contributed by atoms with Crippen molar-refractivity contribution in [2.75, 3.05) is 0 Å². The lowest BCUT2D eigenvalue weighted by atomic mass is 10.00. The number of aliphatic hydroxyl groups is 1. The molecular weight excluding hydrogens is 134 g/mol. The molecule has 10 heavy (non-hydrogen) atoms. The molecule has 0 aliphatic rings. The Morgan fingerprint density at radius 2 is 1.90 bits per heavy atom. The second kappa shape index (κ2) is 3.53. The predicted molar refractivity (Wildman–Crippen MR) is 36.5 cm³/mol. The van der Waals surface area contributed by atoms with Crippen molar-refractivity contribution in [3.8, 4) is 0 Å². The Morgan fingerprint density at radius 3 is 2.00 bits per heavy atom. The second-order valence-corrected chi connectivity index (χ2v) is 2.60. The number of hydrogen-bond donors (Lipinski definition) is 3. The highest BCUT2D eigenvalue weighted by Crippen LogP contribution is 2.02. The molecule has 0 unspecified atom stereocenters. The van der Waals surface area contributed by atoms with Crippen LogP contribution in [0, 0.1) is 5.92 Å². The van der Waals surface area contributed by atoms with Gasteiger partial charge in [-0.25, -0.2) is 4.79 Å². The average Bonchev–Trinajstić information content (AvgIpc) is 1.84. The van der Waals surface area contributed by atoms with E-state index in [0.717, 1.165) is 0 Å². The summed E-state index contributed by atoms with van der Waals surface area (Å²) in [6, 6.07) is -0.683. The molecular formula is C6H13NO3. The highest BCUT2D eigenvalue weighted by molar-refractivity contribution is 5.72. The van der Waals surface area contributed by atoms with E-state index in [1.165, 1.54) is 0 Å². The first-order chi connectivity index (χ1) is 4.46. The fraction of sp³-hybridized carbons (Fsp3) is 0.833. The van der Waals surface area contributed by atoms with Gasteiger partial charge in [0.05, 0.1) is 0 Å². The van der Waals surface area contributed by atoms with Gasteiger partial charge in [-0.15, -0.1) is 0 Å². The van der Waals surface area contributed by atoms with E-state index in [-0.39, 0.29) is 5.92 Å². The average molecular weight is 147 g/mol. The van der Waals surface area contributed by atoms with E-state index >= 15 is 0 Å². The number of nitrogens with two attached hydrogens (primary N) is 1. The van der Waals surface area contributed by atoms with Crippen LogP contribution in [0.25, 0.3) is 0 Å². The Kier molecular flexibility index (Phi) is 3.32. The molecule has 4 heteroatoms. The Hall–Kier alpha value is -0.610. The van der Waals surface area contributed by atoms with Crippen molar-refractivity contribution >= 4 is 5.97 Å². The lowest BCUT2D eigenvalue weighted by Crippen LogP contribution is -2.43. The minimum Gasteiger partial charge on any atom is -0.479 e. The molecule has 0 heterocycles. The summed E-state index contributed by atoms with van der Waals surface area (Å²) in [6.45, 7) is 3.52. The Morgan fingerprint density at radius 1 is 1.50 bits per heavy atom. The van der Waals surface area contributed by atoms with E-state index in [0.29, 0.717) is 0 Å². The van der Waals surface area contributed by atoms with Gasteiger partial charge in [-0.3, -0.25) is 0 Å². The lowest BCUT2D eigenvalue weighted by molar-refractivity contribution is -0.148. The molecule has 0 amide bonds. The van der Waals surface area contributed by atoms with Crippen LogP contribution in [0.15, 0.2) is 0 Å². The maximum atomic E-state index is 10.1. The normalized spacial score (nSPS) is 16.9. The first kappa shape index (κ1) is 9.39. The zero-order chi connectivity index (χ0) is 8.31. The third kappa shape index (κ3) is 2.33. The Balaban J connectivity index is 3.94. The number of aliphatic carboxylic acids is 1. The topological polar surface area (TPSA) is 83.5 Å². The summed E-state index contributed by atoms with van der Waals surface area (Å²) < 4.78 is 0. The highest BCUT2D eigenvalue weighted by atomic mass is 16.4. The van der Waals surface area contributed by atoms with E-state index in [4.69, 9.17) is 15.9 Å². The van der Waals surface area contributed by atoms with Gasteiger partial charge in [0.2, 0.25) is 0 Å². The van der Waals surface area contributed by atoms with Gasteiger partial charge in [0.15, 0.2) is 6.10 Å². The van der Waals surface area contributed by atoms with Crippen molar-refractivity contribution in [1.29, 1.82) is 0 Å². The van der Waals surface area contributed by atoms with Crippen molar-refractivity contribution in [3.05, 3.63) is 0 Å². The molecule has 0 radical (unpaired) electrons. The maximum absolute atomic E-state index is 10.1. The number of rotatable bonds is 3. The molecule has 0 saturated carbocycles. The van der Waals surface area contributed by atoms with Gasteiger partial charge in [0.25, 0.3) is 0 Å². The molecule has 60 valence electrons. The van der Waals surface area contributed by atoms with Gasteiger partial charge in [0, 0.05) is 6.04 Å². The maximum Gasteiger partial charge on any atom is 0.334 e. The summed E-state index contributed by atoms with van der Waals surface area (Å²) >= 11 is 0. The first-order valence-electron chi connectivity index (χ1n) is 3.13. The van der Waals surface area contributed by atoms with Crippen LogP contribution < -0.4 is 5.73 Å². The van der Waals surface area contributed by atoms with Crippen LogP contribution in [0.5, 0.6) is 0 Å². The second-order valence-electron chi connectivity index (χ2n) is 2.60. The van der Waals surface area contributed by atoms with Crippen molar-refractivity contribution in [2.24, 2.45) is 11.7 Å². The minimum absolute atomic E-state index is 0.0221. The zero-order valence-corrected chi connectivity index (χ0v) is 6.11. The molecule has 0 aliphatic heterocycles. The highest BCUT2D eigenvalue weighted by Gasteiger charge is 2.24. The summed E-state index contributed by atoms with van der Waals surface area (Å²) in [7, 11) is 0. The van der Waals surface area contributed by atoms with E-state index in [1.54, 1.807) is 13.8 Å². The van der Waals surface area contributed by atoms with E-state index in [1.807, 2.05) is 0 Å². The summed E-state index contributed by atoms with van der Waals surface area (Å²) in [6.07, 6.45) is -1.44. The van der Waals surface area contributed by atoms with Crippen LogP contribution in [0.1, 0.15) is 13.8 Å². The molecule has 4 N–H and O–H groups in total. The largest absolute Gasteiger partial charge is 0.479 e. The third-order valence-electron chi connectivity index (χ3n) is 1.39. The molecule has 0 saturated heterocycles. The van der Waals surface area contributed by atoms with Gasteiger partial charge in [-0.2, -0.15) is 0 Å². The zero-order valence-electron chi connectivity index (χ0n) is 6.11. The smallest absolute Gasteiger partial charge is 0.334 e. The standard InChI is InChI=1S/C6H13NO3/c1-3(2)4(7)5(8)6(9)10/h3-5,8H,7H2,1-2H3,(H,9,10)/t4-,5-/m0/s1. The molecule has 0 bridgehead atoms. The monoisotopic (exact) mass is 147 g/mol. The Bertz CT molecular complexity index is 124. The number of hydrogen-bond acceptors (Lipinski definition) is 3. The van der Waals surface area contributed by atoms with Crippen LogP contribution >= 0.6 is 0 Å². The predicted octanol–water partition coefficient (Wildman–Crippen LogP) is -0.585. The number of carboxylic acid groups (broad SMARTS) is 1.